The van der Waals surface area contributed by atoms with E-state index in [-0.39, 0.29) is 11.9 Å². The second kappa shape index (κ2) is 4.59. The zero-order chi connectivity index (χ0) is 13.6. The second-order valence-corrected chi connectivity index (χ2v) is 6.09. The molecule has 0 saturated carbocycles. The zero-order valence-electron chi connectivity index (χ0n) is 10.9. The van der Waals surface area contributed by atoms with E-state index >= 15 is 0 Å². The number of carbonyl (C=O) groups excluding carboxylic acids is 1. The van der Waals surface area contributed by atoms with Crippen LogP contribution < -0.4 is 0 Å². The molecule has 1 saturated heterocycles. The predicted molar refractivity (Wildman–Crippen MR) is 75.5 cm³/mol. The Morgan fingerprint density at radius 1 is 1.58 bits per heavy atom. The Hall–Kier alpha value is -1.43. The van der Waals surface area contributed by atoms with Crippen LogP contribution in [0.1, 0.15) is 32.1 Å². The molecule has 0 aromatic carbocycles. The smallest absolute Gasteiger partial charge is 0.220 e. The van der Waals surface area contributed by atoms with Crippen molar-refractivity contribution < 1.29 is 4.79 Å². The summed E-state index contributed by atoms with van der Waals surface area (Å²) < 4.78 is 0.915. The van der Waals surface area contributed by atoms with Gasteiger partial charge in [-0.15, -0.1) is 0 Å². The number of amides is 1. The Morgan fingerprint density at radius 3 is 3.11 bits per heavy atom. The average Bonchev–Trinajstić information content (AvgIpc) is 2.91. The fraction of sp³-hybridized carbons (Fsp3) is 0.462. The Morgan fingerprint density at radius 2 is 2.37 bits per heavy atom. The Bertz CT molecular complexity index is 639. The van der Waals surface area contributed by atoms with Crippen LogP contribution in [0.15, 0.2) is 16.7 Å². The van der Waals surface area contributed by atoms with E-state index in [1.807, 2.05) is 11.0 Å². The maximum absolute atomic E-state index is 11.7. The highest BCUT2D eigenvalue weighted by Crippen LogP contribution is 2.34. The number of imidazole rings is 1. The minimum absolute atomic E-state index is 0.0421. The first-order chi connectivity index (χ1) is 9.04. The van der Waals surface area contributed by atoms with Gasteiger partial charge >= 0.3 is 0 Å². The molecule has 1 amide bonds. The van der Waals surface area contributed by atoms with Gasteiger partial charge in [0.25, 0.3) is 0 Å². The molecule has 0 aliphatic carbocycles. The maximum Gasteiger partial charge on any atom is 0.220 e. The van der Waals surface area contributed by atoms with Gasteiger partial charge in [0, 0.05) is 24.1 Å². The lowest BCUT2D eigenvalue weighted by atomic mass is 10.1. The van der Waals surface area contributed by atoms with Crippen LogP contribution in [-0.2, 0) is 4.79 Å². The molecule has 1 aliphatic heterocycles. The lowest BCUT2D eigenvalue weighted by Gasteiger charge is -2.21. The Balaban J connectivity index is 2.01. The van der Waals surface area contributed by atoms with Crippen molar-refractivity contribution in [2.75, 3.05) is 6.54 Å². The number of nitrogens with one attached hydrogen (secondary N) is 1. The van der Waals surface area contributed by atoms with Crippen molar-refractivity contribution >= 4 is 33.0 Å². The lowest BCUT2D eigenvalue weighted by molar-refractivity contribution is -0.129. The highest BCUT2D eigenvalue weighted by atomic mass is 79.9. The molecule has 1 fully saturated rings. The summed E-state index contributed by atoms with van der Waals surface area (Å²) in [5, 5.41) is 0. The van der Waals surface area contributed by atoms with E-state index in [1.54, 1.807) is 13.1 Å². The van der Waals surface area contributed by atoms with Gasteiger partial charge in [0.15, 0.2) is 5.65 Å². The Labute approximate surface area is 119 Å². The average molecular weight is 323 g/mol. The van der Waals surface area contributed by atoms with Crippen LogP contribution in [0.4, 0.5) is 0 Å². The number of hydrogen-bond donors (Lipinski definition) is 1. The molecule has 3 rings (SSSR count). The monoisotopic (exact) mass is 322 g/mol. The molecule has 1 N–H and O–H groups in total. The van der Waals surface area contributed by atoms with E-state index in [2.05, 4.69) is 37.8 Å². The second-order valence-electron chi connectivity index (χ2n) is 5.17. The van der Waals surface area contributed by atoms with Crippen LogP contribution in [0, 0.1) is 5.92 Å². The molecule has 2 unspecified atom stereocenters. The van der Waals surface area contributed by atoms with Crippen LogP contribution in [0.5, 0.6) is 0 Å². The van der Waals surface area contributed by atoms with E-state index in [9.17, 15) is 4.79 Å². The number of hydrogen-bond acceptors (Lipinski definition) is 3. The number of aromatic nitrogens is 3. The molecule has 2 aromatic heterocycles. The molecule has 3 heterocycles. The molecule has 100 valence electrons. The van der Waals surface area contributed by atoms with E-state index in [1.165, 1.54) is 0 Å². The van der Waals surface area contributed by atoms with Crippen molar-refractivity contribution in [3.8, 4) is 0 Å². The van der Waals surface area contributed by atoms with Gasteiger partial charge in [-0.05, 0) is 34.3 Å². The first kappa shape index (κ1) is 12.6. The summed E-state index contributed by atoms with van der Waals surface area (Å²) >= 11 is 3.40. The third-order valence-electron chi connectivity index (χ3n) is 3.55. The standard InChI is InChI=1S/C13H15BrN4O/c1-7-3-11(18(6-7)8(2)19)13-16-10-4-9(14)5-15-12(10)17-13/h4-5,7,11H,3,6H2,1-2H3,(H,15,16,17). The van der Waals surface area contributed by atoms with Crippen LogP contribution in [0.2, 0.25) is 0 Å². The van der Waals surface area contributed by atoms with Crippen LogP contribution >= 0.6 is 15.9 Å². The molecule has 19 heavy (non-hydrogen) atoms. The molecular weight excluding hydrogens is 308 g/mol. The highest BCUT2D eigenvalue weighted by Gasteiger charge is 2.34. The lowest BCUT2D eigenvalue weighted by Crippen LogP contribution is -2.29. The molecule has 0 radical (unpaired) electrons. The van der Waals surface area contributed by atoms with Gasteiger partial charge in [0.2, 0.25) is 5.91 Å². The maximum atomic E-state index is 11.7. The number of fused-ring (bicyclic) bond motifs is 1. The Kier molecular flexibility index (Phi) is 3.05. The predicted octanol–water partition coefficient (Wildman–Crippen LogP) is 2.65. The summed E-state index contributed by atoms with van der Waals surface area (Å²) in [5.41, 5.74) is 1.59. The van der Waals surface area contributed by atoms with Crippen LogP contribution in [0.3, 0.4) is 0 Å². The number of carbonyl (C=O) groups is 1. The number of halogens is 1. The molecule has 2 aromatic rings. The molecule has 0 bridgehead atoms. The molecular formula is C13H15BrN4O. The van der Waals surface area contributed by atoms with E-state index < -0.39 is 0 Å². The third-order valence-corrected chi connectivity index (χ3v) is 3.99. The summed E-state index contributed by atoms with van der Waals surface area (Å²) in [6.07, 6.45) is 2.67. The normalized spacial score (nSPS) is 23.2. The molecule has 5 nitrogen and oxygen atoms in total. The SMILES string of the molecule is CC(=O)N1CC(C)CC1c1nc2ncc(Br)cc2[nH]1. The fourth-order valence-corrected chi connectivity index (χ4v) is 3.04. The van der Waals surface area contributed by atoms with Crippen molar-refractivity contribution in [3.63, 3.8) is 0 Å². The van der Waals surface area contributed by atoms with Gasteiger partial charge in [0.05, 0.1) is 11.6 Å². The van der Waals surface area contributed by atoms with Gasteiger partial charge in [-0.25, -0.2) is 9.97 Å². The van der Waals surface area contributed by atoms with Crippen LogP contribution in [0.25, 0.3) is 11.2 Å². The van der Waals surface area contributed by atoms with Gasteiger partial charge in [-0.1, -0.05) is 6.92 Å². The summed E-state index contributed by atoms with van der Waals surface area (Å²) in [6.45, 7) is 4.57. The third kappa shape index (κ3) is 2.25. The van der Waals surface area contributed by atoms with Gasteiger partial charge in [0.1, 0.15) is 5.82 Å². The molecule has 6 heteroatoms. The van der Waals surface area contributed by atoms with Crippen molar-refractivity contribution in [1.29, 1.82) is 0 Å². The number of pyridine rings is 1. The first-order valence-corrected chi connectivity index (χ1v) is 7.12. The first-order valence-electron chi connectivity index (χ1n) is 6.33. The number of likely N-dealkylation sites (tertiary alicyclic amines) is 1. The summed E-state index contributed by atoms with van der Waals surface area (Å²) in [4.78, 5) is 25.7. The van der Waals surface area contributed by atoms with Crippen molar-refractivity contribution in [3.05, 3.63) is 22.6 Å². The number of rotatable bonds is 1. The van der Waals surface area contributed by atoms with E-state index in [4.69, 9.17) is 0 Å². The van der Waals surface area contributed by atoms with Crippen molar-refractivity contribution in [2.45, 2.75) is 26.3 Å². The number of aromatic amines is 1. The van der Waals surface area contributed by atoms with Crippen molar-refractivity contribution in [1.82, 2.24) is 19.9 Å². The minimum atomic E-state index is 0.0421. The van der Waals surface area contributed by atoms with Gasteiger partial charge < -0.3 is 9.88 Å². The van der Waals surface area contributed by atoms with E-state index in [0.717, 1.165) is 28.8 Å². The number of nitrogens with zero attached hydrogens (tertiary/aromatic N) is 3. The molecule has 1 aliphatic rings. The summed E-state index contributed by atoms with van der Waals surface area (Å²) in [6, 6.07) is 2.00. The van der Waals surface area contributed by atoms with Crippen LogP contribution in [-0.4, -0.2) is 32.3 Å². The highest BCUT2D eigenvalue weighted by molar-refractivity contribution is 9.10. The van der Waals surface area contributed by atoms with Gasteiger partial charge in [-0.3, -0.25) is 4.79 Å². The van der Waals surface area contributed by atoms with Gasteiger partial charge in [-0.2, -0.15) is 0 Å². The largest absolute Gasteiger partial charge is 0.339 e. The molecule has 0 spiro atoms. The summed E-state index contributed by atoms with van der Waals surface area (Å²) in [7, 11) is 0. The quantitative estimate of drug-likeness (QED) is 0.877. The van der Waals surface area contributed by atoms with E-state index in [0.29, 0.717) is 11.6 Å². The molecule has 2 atom stereocenters. The topological polar surface area (TPSA) is 61.9 Å². The fourth-order valence-electron chi connectivity index (χ4n) is 2.70. The summed E-state index contributed by atoms with van der Waals surface area (Å²) in [5.74, 6) is 1.44. The van der Waals surface area contributed by atoms with Crippen molar-refractivity contribution in [2.24, 2.45) is 5.92 Å². The number of H-pyrrole nitrogens is 1. The zero-order valence-corrected chi connectivity index (χ0v) is 12.4. The minimum Gasteiger partial charge on any atom is -0.339 e.